The molecule has 0 saturated heterocycles. The van der Waals surface area contributed by atoms with Crippen molar-refractivity contribution in [1.82, 2.24) is 9.97 Å². The summed E-state index contributed by atoms with van der Waals surface area (Å²) in [6, 6.07) is 0. The smallest absolute Gasteiger partial charge is 0.0646 e. The summed E-state index contributed by atoms with van der Waals surface area (Å²) in [7, 11) is 0. The molecule has 4 atom stereocenters. The fraction of sp³-hybridized carbons (Fsp3) is 0.826. The van der Waals surface area contributed by atoms with Crippen LogP contribution in [-0.2, 0) is 5.41 Å². The maximum absolute atomic E-state index is 5.05. The monoisotopic (exact) mass is 346 g/mol. The second-order valence-corrected chi connectivity index (χ2v) is 9.52. The summed E-state index contributed by atoms with van der Waals surface area (Å²) in [6.07, 6.45) is 8.90. The van der Waals surface area contributed by atoms with Gasteiger partial charge in [0, 0.05) is 23.7 Å². The highest BCUT2D eigenvalue weighted by molar-refractivity contribution is 5.15. The van der Waals surface area contributed by atoms with Gasteiger partial charge in [-0.1, -0.05) is 75.2 Å². The molecular formula is C23H42N2. The van der Waals surface area contributed by atoms with E-state index in [0.29, 0.717) is 17.8 Å². The van der Waals surface area contributed by atoms with E-state index < -0.39 is 0 Å². The Labute approximate surface area is 157 Å². The van der Waals surface area contributed by atoms with Crippen molar-refractivity contribution in [1.29, 1.82) is 0 Å². The maximum atomic E-state index is 5.05. The largest absolute Gasteiger partial charge is 0.261 e. The lowest BCUT2D eigenvalue weighted by Gasteiger charge is -2.30. The third-order valence-electron chi connectivity index (χ3n) is 6.26. The van der Waals surface area contributed by atoms with Crippen LogP contribution >= 0.6 is 0 Å². The SMILES string of the molecule is CCCC(C)C(C)CC(C)c1cncc(C(C)(C)CC(C)C(C)C)n1. The molecule has 1 rings (SSSR count). The van der Waals surface area contributed by atoms with Crippen LogP contribution < -0.4 is 0 Å². The number of aromatic nitrogens is 2. The zero-order valence-electron chi connectivity index (χ0n) is 18.3. The first-order valence-corrected chi connectivity index (χ1v) is 10.4. The van der Waals surface area contributed by atoms with E-state index in [1.54, 1.807) is 0 Å². The molecule has 2 nitrogen and oxygen atoms in total. The lowest BCUT2D eigenvalue weighted by Crippen LogP contribution is -2.25. The normalized spacial score (nSPS) is 17.4. The van der Waals surface area contributed by atoms with Crippen molar-refractivity contribution in [3.8, 4) is 0 Å². The average Bonchev–Trinajstić information content (AvgIpc) is 2.54. The van der Waals surface area contributed by atoms with Gasteiger partial charge < -0.3 is 0 Å². The molecule has 25 heavy (non-hydrogen) atoms. The van der Waals surface area contributed by atoms with E-state index in [1.807, 2.05) is 12.4 Å². The molecule has 0 saturated carbocycles. The van der Waals surface area contributed by atoms with Crippen LogP contribution in [0.3, 0.4) is 0 Å². The highest BCUT2D eigenvalue weighted by Gasteiger charge is 2.27. The maximum Gasteiger partial charge on any atom is 0.0646 e. The Morgan fingerprint density at radius 2 is 1.56 bits per heavy atom. The third-order valence-corrected chi connectivity index (χ3v) is 6.26. The molecule has 0 aromatic carbocycles. The Hall–Kier alpha value is -0.920. The van der Waals surface area contributed by atoms with Crippen LogP contribution in [0.5, 0.6) is 0 Å². The summed E-state index contributed by atoms with van der Waals surface area (Å²) >= 11 is 0. The predicted molar refractivity (Wildman–Crippen MR) is 110 cm³/mol. The van der Waals surface area contributed by atoms with Crippen molar-refractivity contribution < 1.29 is 0 Å². The van der Waals surface area contributed by atoms with E-state index >= 15 is 0 Å². The van der Waals surface area contributed by atoms with Crippen LogP contribution in [0.15, 0.2) is 12.4 Å². The van der Waals surface area contributed by atoms with E-state index in [0.717, 1.165) is 24.0 Å². The Morgan fingerprint density at radius 3 is 2.12 bits per heavy atom. The molecule has 1 heterocycles. The van der Waals surface area contributed by atoms with Crippen molar-refractivity contribution in [2.24, 2.45) is 23.7 Å². The highest BCUT2D eigenvalue weighted by atomic mass is 14.8. The molecule has 0 bridgehead atoms. The quantitative estimate of drug-likeness (QED) is 0.455. The van der Waals surface area contributed by atoms with Gasteiger partial charge in [-0.2, -0.15) is 0 Å². The highest BCUT2D eigenvalue weighted by Crippen LogP contribution is 2.33. The van der Waals surface area contributed by atoms with Gasteiger partial charge in [0.2, 0.25) is 0 Å². The Balaban J connectivity index is 2.85. The number of hydrogen-bond donors (Lipinski definition) is 0. The molecular weight excluding hydrogens is 304 g/mol. The molecule has 0 aliphatic carbocycles. The first-order chi connectivity index (χ1) is 11.6. The molecule has 0 amide bonds. The lowest BCUT2D eigenvalue weighted by atomic mass is 9.77. The van der Waals surface area contributed by atoms with Gasteiger partial charge in [-0.15, -0.1) is 0 Å². The van der Waals surface area contributed by atoms with Crippen molar-refractivity contribution in [2.45, 2.75) is 99.3 Å². The van der Waals surface area contributed by atoms with Gasteiger partial charge in [-0.25, -0.2) is 0 Å². The minimum atomic E-state index is 0.0769. The lowest BCUT2D eigenvalue weighted by molar-refractivity contribution is 0.302. The van der Waals surface area contributed by atoms with Gasteiger partial charge in [0.05, 0.1) is 11.4 Å². The topological polar surface area (TPSA) is 25.8 Å². The zero-order chi connectivity index (χ0) is 19.2. The summed E-state index contributed by atoms with van der Waals surface area (Å²) in [5.41, 5.74) is 2.39. The summed E-state index contributed by atoms with van der Waals surface area (Å²) in [4.78, 5) is 9.60. The third kappa shape index (κ3) is 6.72. The van der Waals surface area contributed by atoms with E-state index in [1.165, 1.54) is 25.0 Å². The minimum Gasteiger partial charge on any atom is -0.261 e. The minimum absolute atomic E-state index is 0.0769. The fourth-order valence-corrected chi connectivity index (χ4v) is 3.74. The molecule has 2 heteroatoms. The average molecular weight is 347 g/mol. The molecule has 0 N–H and O–H groups in total. The van der Waals surface area contributed by atoms with Gasteiger partial charge in [-0.3, -0.25) is 9.97 Å². The predicted octanol–water partition coefficient (Wildman–Crippen LogP) is 7.00. The van der Waals surface area contributed by atoms with Crippen LogP contribution in [0.2, 0.25) is 0 Å². The van der Waals surface area contributed by atoms with E-state index in [9.17, 15) is 0 Å². The van der Waals surface area contributed by atoms with Crippen LogP contribution in [0, 0.1) is 23.7 Å². The summed E-state index contributed by atoms with van der Waals surface area (Å²) in [6.45, 7) is 21.0. The first kappa shape index (κ1) is 22.1. The zero-order valence-corrected chi connectivity index (χ0v) is 18.3. The Morgan fingerprint density at radius 1 is 0.920 bits per heavy atom. The molecule has 4 unspecified atom stereocenters. The van der Waals surface area contributed by atoms with Gasteiger partial charge in [0.1, 0.15) is 0 Å². The standard InChI is InChI=1S/C23H42N2/c1-10-11-17(4)18(5)12-19(6)21-14-24-15-22(25-21)23(8,9)13-20(7)16(2)3/h14-20H,10-13H2,1-9H3. The van der Waals surface area contributed by atoms with Gasteiger partial charge in [0.25, 0.3) is 0 Å². The van der Waals surface area contributed by atoms with Crippen molar-refractivity contribution >= 4 is 0 Å². The molecule has 144 valence electrons. The summed E-state index contributed by atoms with van der Waals surface area (Å²) in [5.74, 6) is 3.38. The number of rotatable bonds is 10. The second kappa shape index (κ2) is 9.69. The van der Waals surface area contributed by atoms with Crippen molar-refractivity contribution in [3.05, 3.63) is 23.8 Å². The van der Waals surface area contributed by atoms with Crippen LogP contribution in [0.4, 0.5) is 0 Å². The summed E-state index contributed by atoms with van der Waals surface area (Å²) in [5, 5.41) is 0. The van der Waals surface area contributed by atoms with Crippen molar-refractivity contribution in [2.75, 3.05) is 0 Å². The molecule has 0 spiro atoms. The molecule has 0 fully saturated rings. The first-order valence-electron chi connectivity index (χ1n) is 10.4. The molecule has 0 radical (unpaired) electrons. The van der Waals surface area contributed by atoms with Gasteiger partial charge in [0.15, 0.2) is 0 Å². The molecule has 0 aliphatic rings. The van der Waals surface area contributed by atoms with E-state index in [4.69, 9.17) is 4.98 Å². The van der Waals surface area contributed by atoms with E-state index in [2.05, 4.69) is 67.3 Å². The van der Waals surface area contributed by atoms with Crippen LogP contribution in [0.25, 0.3) is 0 Å². The molecule has 1 aromatic heterocycles. The fourth-order valence-electron chi connectivity index (χ4n) is 3.74. The molecule has 0 aliphatic heterocycles. The Kier molecular flexibility index (Phi) is 8.57. The molecule has 1 aromatic rings. The number of nitrogens with zero attached hydrogens (tertiary/aromatic N) is 2. The van der Waals surface area contributed by atoms with Gasteiger partial charge >= 0.3 is 0 Å². The van der Waals surface area contributed by atoms with Crippen LogP contribution in [0.1, 0.15) is 105 Å². The van der Waals surface area contributed by atoms with Crippen molar-refractivity contribution in [3.63, 3.8) is 0 Å². The number of hydrogen-bond acceptors (Lipinski definition) is 2. The van der Waals surface area contributed by atoms with Crippen LogP contribution in [-0.4, -0.2) is 9.97 Å². The Bertz CT molecular complexity index is 507. The second-order valence-electron chi connectivity index (χ2n) is 9.52. The summed E-state index contributed by atoms with van der Waals surface area (Å²) < 4.78 is 0. The van der Waals surface area contributed by atoms with Gasteiger partial charge in [-0.05, 0) is 36.5 Å². The van der Waals surface area contributed by atoms with E-state index in [-0.39, 0.29) is 5.41 Å².